The molecular weight excluding hydrogens is 624 g/mol. The number of ether oxygens (including phenoxy) is 3. The monoisotopic (exact) mass is 670 g/mol. The predicted octanol–water partition coefficient (Wildman–Crippen LogP) is 6.45. The second-order valence-corrected chi connectivity index (χ2v) is 16.3. The quantitative estimate of drug-likeness (QED) is 0.289. The highest BCUT2D eigenvalue weighted by molar-refractivity contribution is 7.90. The van der Waals surface area contributed by atoms with Crippen molar-refractivity contribution in [2.75, 3.05) is 44.9 Å². The molecule has 2 bridgehead atoms. The number of anilines is 1. The van der Waals surface area contributed by atoms with E-state index < -0.39 is 21.2 Å². The number of hydrogen-bond acceptors (Lipinski definition) is 7. The summed E-state index contributed by atoms with van der Waals surface area (Å²) < 4.78 is 47.5. The average molecular weight is 671 g/mol. The molecule has 2 heterocycles. The van der Waals surface area contributed by atoms with E-state index in [2.05, 4.69) is 40.8 Å². The molecule has 10 heteroatoms. The third-order valence-electron chi connectivity index (χ3n) is 10.9. The van der Waals surface area contributed by atoms with Gasteiger partial charge in [0.15, 0.2) is 0 Å². The zero-order chi connectivity index (χ0) is 32.5. The summed E-state index contributed by atoms with van der Waals surface area (Å²) in [6.07, 6.45) is 10.6. The number of nitrogens with one attached hydrogen (secondary N) is 1. The van der Waals surface area contributed by atoms with Gasteiger partial charge in [0.25, 0.3) is 5.91 Å². The minimum atomic E-state index is -3.89. The van der Waals surface area contributed by atoms with Gasteiger partial charge in [0, 0.05) is 36.2 Å². The van der Waals surface area contributed by atoms with Crippen molar-refractivity contribution in [1.82, 2.24) is 4.72 Å². The summed E-state index contributed by atoms with van der Waals surface area (Å²) in [5.74, 6) is 0.365. The fourth-order valence-electron chi connectivity index (χ4n) is 8.17. The van der Waals surface area contributed by atoms with E-state index in [0.29, 0.717) is 56.9 Å². The number of rotatable bonds is 5. The van der Waals surface area contributed by atoms with Gasteiger partial charge in [-0.05, 0) is 104 Å². The van der Waals surface area contributed by atoms with Crippen LogP contribution in [0.5, 0.6) is 5.75 Å². The Labute approximate surface area is 278 Å². The van der Waals surface area contributed by atoms with Gasteiger partial charge in [-0.15, -0.1) is 0 Å². The Kier molecular flexibility index (Phi) is 9.77. The third kappa shape index (κ3) is 6.58. The van der Waals surface area contributed by atoms with Gasteiger partial charge in [-0.2, -0.15) is 0 Å². The summed E-state index contributed by atoms with van der Waals surface area (Å²) in [6, 6.07) is 11.6. The van der Waals surface area contributed by atoms with Crippen molar-refractivity contribution in [2.45, 2.75) is 82.0 Å². The molecule has 1 fully saturated rings. The molecule has 2 aliphatic heterocycles. The lowest BCUT2D eigenvalue weighted by Crippen LogP contribution is -2.54. The van der Waals surface area contributed by atoms with Crippen LogP contribution in [-0.2, 0) is 31.3 Å². The van der Waals surface area contributed by atoms with Crippen LogP contribution >= 0.6 is 11.6 Å². The summed E-state index contributed by atoms with van der Waals surface area (Å²) in [7, 11) is -2.21. The van der Waals surface area contributed by atoms with Gasteiger partial charge in [0.05, 0.1) is 36.9 Å². The molecule has 2 unspecified atom stereocenters. The van der Waals surface area contributed by atoms with Crippen molar-refractivity contribution < 1.29 is 27.4 Å². The molecule has 6 rings (SSSR count). The van der Waals surface area contributed by atoms with Crippen LogP contribution in [0.15, 0.2) is 48.6 Å². The van der Waals surface area contributed by atoms with Gasteiger partial charge in [-0.3, -0.25) is 4.79 Å². The number of carbonyl (C=O) groups is 1. The van der Waals surface area contributed by atoms with E-state index in [4.69, 9.17) is 25.8 Å². The lowest BCUT2D eigenvalue weighted by Gasteiger charge is -2.53. The van der Waals surface area contributed by atoms with Crippen molar-refractivity contribution in [3.63, 3.8) is 0 Å². The molecule has 0 aromatic heterocycles. The van der Waals surface area contributed by atoms with Crippen molar-refractivity contribution in [3.8, 4) is 5.75 Å². The van der Waals surface area contributed by atoms with Crippen LogP contribution in [0.2, 0.25) is 5.02 Å². The topological polar surface area (TPSA) is 94.2 Å². The van der Waals surface area contributed by atoms with E-state index in [1.807, 2.05) is 25.1 Å². The van der Waals surface area contributed by atoms with Crippen LogP contribution in [0, 0.1) is 11.3 Å². The normalized spacial score (nSPS) is 31.4. The molecule has 250 valence electrons. The smallest absolute Gasteiger partial charge is 0.264 e. The number of sulfonamides is 1. The molecule has 0 radical (unpaired) electrons. The Bertz CT molecular complexity index is 1580. The summed E-state index contributed by atoms with van der Waals surface area (Å²) in [6.45, 7) is 7.17. The molecule has 4 aliphatic rings. The van der Waals surface area contributed by atoms with Crippen LogP contribution in [0.4, 0.5) is 5.69 Å². The van der Waals surface area contributed by atoms with Crippen LogP contribution in [0.1, 0.15) is 80.3 Å². The maximum Gasteiger partial charge on any atom is 0.264 e. The number of allylic oxidation sites excluding steroid dienone is 1. The first-order chi connectivity index (χ1) is 22.1. The molecule has 2 aliphatic carbocycles. The zero-order valence-corrected chi connectivity index (χ0v) is 28.8. The van der Waals surface area contributed by atoms with Gasteiger partial charge >= 0.3 is 0 Å². The van der Waals surface area contributed by atoms with Crippen molar-refractivity contribution in [2.24, 2.45) is 11.3 Å². The first kappa shape index (κ1) is 33.3. The van der Waals surface area contributed by atoms with Gasteiger partial charge in [0.2, 0.25) is 10.0 Å². The van der Waals surface area contributed by atoms with E-state index in [0.717, 1.165) is 49.4 Å². The van der Waals surface area contributed by atoms with Crippen LogP contribution in [-0.4, -0.2) is 65.7 Å². The Morgan fingerprint density at radius 2 is 1.96 bits per heavy atom. The summed E-state index contributed by atoms with van der Waals surface area (Å²) >= 11 is 6.45. The molecular formula is C36H47ClN2O6S. The number of nitrogens with zero attached hydrogens (tertiary/aromatic N) is 1. The Balaban J connectivity index is 1.44. The Morgan fingerprint density at radius 3 is 2.72 bits per heavy atom. The lowest BCUT2D eigenvalue weighted by atomic mass is 9.58. The third-order valence-corrected chi connectivity index (χ3v) is 13.0. The average Bonchev–Trinajstić information content (AvgIpc) is 3.16. The molecule has 1 amide bonds. The molecule has 2 aromatic rings. The van der Waals surface area contributed by atoms with Gasteiger partial charge in [0.1, 0.15) is 5.75 Å². The van der Waals surface area contributed by atoms with E-state index in [9.17, 15) is 13.2 Å². The number of amides is 1. The highest BCUT2D eigenvalue weighted by Crippen LogP contribution is 2.52. The van der Waals surface area contributed by atoms with E-state index in [-0.39, 0.29) is 22.9 Å². The molecule has 1 N–H and O–H groups in total. The van der Waals surface area contributed by atoms with Crippen molar-refractivity contribution >= 4 is 33.2 Å². The number of carbonyl (C=O) groups excluding carboxylic acids is 1. The number of benzene rings is 2. The largest absolute Gasteiger partial charge is 0.490 e. The van der Waals surface area contributed by atoms with Crippen LogP contribution in [0.3, 0.4) is 0 Å². The van der Waals surface area contributed by atoms with E-state index in [1.165, 1.54) is 11.1 Å². The predicted molar refractivity (Wildman–Crippen MR) is 182 cm³/mol. The minimum Gasteiger partial charge on any atom is -0.490 e. The maximum atomic E-state index is 13.5. The summed E-state index contributed by atoms with van der Waals surface area (Å²) in [5, 5.41) is 0.0585. The number of methoxy groups -OCH3 is 1. The summed E-state index contributed by atoms with van der Waals surface area (Å²) in [5.41, 5.74) is 3.34. The minimum absolute atomic E-state index is 0.0625. The SMILES string of the molecule is CC[C@@H]1CC/C=C/C(OCCOC)[C@@H]2CCC2(C)CN2C[C@@]3(CCCc4cc(Cl)ccc43)COc3ccc(cc32)C(=O)NS1(=O)=O. The Morgan fingerprint density at radius 1 is 1.11 bits per heavy atom. The zero-order valence-electron chi connectivity index (χ0n) is 27.2. The van der Waals surface area contributed by atoms with Gasteiger partial charge < -0.3 is 19.1 Å². The first-order valence-corrected chi connectivity index (χ1v) is 18.6. The summed E-state index contributed by atoms with van der Waals surface area (Å²) in [4.78, 5) is 15.9. The van der Waals surface area contributed by atoms with Crippen molar-refractivity contribution in [1.29, 1.82) is 0 Å². The second-order valence-electron chi connectivity index (χ2n) is 13.9. The fourth-order valence-corrected chi connectivity index (χ4v) is 9.79. The number of halogens is 1. The standard InChI is InChI=1S/C36H47ClN2O6S/c1-4-28-9-5-6-10-32(44-19-18-43-3)30-15-17-35(30,2)22-39-23-36(16-7-8-25-20-27(37)12-13-29(25)36)24-45-33-14-11-26(21-31(33)39)34(40)38-46(28,41)42/h6,10-14,20-21,28,30,32H,4-5,7-9,15-19,22-24H2,1-3H3,(H,38,40)/b10-6+/t28-,30+,32?,35?,36+/m1/s1. The van der Waals surface area contributed by atoms with Crippen LogP contribution < -0.4 is 14.4 Å². The van der Waals surface area contributed by atoms with Crippen LogP contribution in [0.25, 0.3) is 0 Å². The first-order valence-electron chi connectivity index (χ1n) is 16.7. The number of hydrogen-bond donors (Lipinski definition) is 1. The molecule has 8 nitrogen and oxygen atoms in total. The maximum absolute atomic E-state index is 13.5. The highest BCUT2D eigenvalue weighted by atomic mass is 35.5. The lowest BCUT2D eigenvalue weighted by molar-refractivity contribution is -0.0702. The molecule has 46 heavy (non-hydrogen) atoms. The van der Waals surface area contributed by atoms with Gasteiger partial charge in [-0.1, -0.05) is 43.7 Å². The molecule has 1 spiro atoms. The number of fused-ring (bicyclic) bond motifs is 4. The Hall–Kier alpha value is -2.59. The highest BCUT2D eigenvalue weighted by Gasteiger charge is 2.50. The second kappa shape index (κ2) is 13.5. The number of aryl methyl sites for hydroxylation is 1. The van der Waals surface area contributed by atoms with E-state index >= 15 is 0 Å². The van der Waals surface area contributed by atoms with Crippen molar-refractivity contribution in [3.05, 3.63) is 70.3 Å². The van der Waals surface area contributed by atoms with E-state index in [1.54, 1.807) is 13.2 Å². The van der Waals surface area contributed by atoms with Gasteiger partial charge in [-0.25, -0.2) is 13.1 Å². The molecule has 0 saturated heterocycles. The molecule has 1 saturated carbocycles. The molecule has 5 atom stereocenters. The molecule has 2 aromatic carbocycles. The fraction of sp³-hybridized carbons (Fsp3) is 0.583.